The normalized spacial score (nSPS) is 10.5. The molecule has 0 aliphatic carbocycles. The van der Waals surface area contributed by atoms with Crippen molar-refractivity contribution in [3.8, 4) is 23.0 Å². The maximum absolute atomic E-state index is 5.31. The minimum Gasteiger partial charge on any atom is -0.497 e. The molecule has 6 heteroatoms. The van der Waals surface area contributed by atoms with Crippen molar-refractivity contribution in [1.82, 2.24) is 5.43 Å². The third-order valence-corrected chi connectivity index (χ3v) is 3.46. The summed E-state index contributed by atoms with van der Waals surface area (Å²) < 4.78 is 21.0. The summed E-state index contributed by atoms with van der Waals surface area (Å²) in [5, 5.41) is 4.24. The van der Waals surface area contributed by atoms with E-state index in [4.69, 9.17) is 18.9 Å². The molecular formula is C18H22N2O4. The largest absolute Gasteiger partial charge is 0.497 e. The van der Waals surface area contributed by atoms with Gasteiger partial charge in [-0.3, -0.25) is 0 Å². The fourth-order valence-corrected chi connectivity index (χ4v) is 2.18. The van der Waals surface area contributed by atoms with Gasteiger partial charge in [-0.05, 0) is 35.9 Å². The number of hydrogen-bond donors (Lipinski definition) is 1. The zero-order chi connectivity index (χ0) is 17.4. The Morgan fingerprint density at radius 3 is 2.21 bits per heavy atom. The lowest BCUT2D eigenvalue weighted by atomic mass is 10.2. The van der Waals surface area contributed by atoms with Crippen LogP contribution in [0.5, 0.6) is 23.0 Å². The van der Waals surface area contributed by atoms with E-state index in [1.54, 1.807) is 34.7 Å². The smallest absolute Gasteiger partial charge is 0.161 e. The number of methoxy groups -OCH3 is 4. The van der Waals surface area contributed by atoms with E-state index in [0.29, 0.717) is 18.0 Å². The molecular weight excluding hydrogens is 308 g/mol. The second kappa shape index (κ2) is 8.67. The van der Waals surface area contributed by atoms with Gasteiger partial charge < -0.3 is 24.4 Å². The van der Waals surface area contributed by atoms with E-state index in [1.165, 1.54) is 0 Å². The SMILES string of the molecule is COc1ccc(OC)c(/C=N\NCc2ccc(OC)c(OC)c2)c1. The lowest BCUT2D eigenvalue weighted by Crippen LogP contribution is -2.06. The summed E-state index contributed by atoms with van der Waals surface area (Å²) in [7, 11) is 6.47. The first-order valence-corrected chi connectivity index (χ1v) is 7.40. The van der Waals surface area contributed by atoms with Crippen molar-refractivity contribution in [1.29, 1.82) is 0 Å². The van der Waals surface area contributed by atoms with E-state index < -0.39 is 0 Å². The number of ether oxygens (including phenoxy) is 4. The van der Waals surface area contributed by atoms with E-state index in [-0.39, 0.29) is 0 Å². The number of nitrogens with zero attached hydrogens (tertiary/aromatic N) is 1. The Bertz CT molecular complexity index is 701. The van der Waals surface area contributed by atoms with Crippen LogP contribution < -0.4 is 24.4 Å². The molecule has 6 nitrogen and oxygen atoms in total. The zero-order valence-electron chi connectivity index (χ0n) is 14.3. The van der Waals surface area contributed by atoms with Crippen molar-refractivity contribution in [2.75, 3.05) is 28.4 Å². The predicted molar refractivity (Wildman–Crippen MR) is 93.5 cm³/mol. The summed E-state index contributed by atoms with van der Waals surface area (Å²) in [6.07, 6.45) is 1.70. The third kappa shape index (κ3) is 4.32. The Morgan fingerprint density at radius 1 is 0.833 bits per heavy atom. The predicted octanol–water partition coefficient (Wildman–Crippen LogP) is 2.84. The molecule has 0 saturated carbocycles. The van der Waals surface area contributed by atoms with Crippen LogP contribution in [0.1, 0.15) is 11.1 Å². The highest BCUT2D eigenvalue weighted by Gasteiger charge is 2.04. The highest BCUT2D eigenvalue weighted by Crippen LogP contribution is 2.27. The van der Waals surface area contributed by atoms with Crippen molar-refractivity contribution in [3.63, 3.8) is 0 Å². The van der Waals surface area contributed by atoms with Gasteiger partial charge in [0.15, 0.2) is 11.5 Å². The lowest BCUT2D eigenvalue weighted by molar-refractivity contribution is 0.354. The summed E-state index contributed by atoms with van der Waals surface area (Å²) in [5.74, 6) is 2.87. The molecule has 0 aliphatic rings. The van der Waals surface area contributed by atoms with Crippen LogP contribution in [-0.4, -0.2) is 34.7 Å². The van der Waals surface area contributed by atoms with E-state index in [9.17, 15) is 0 Å². The van der Waals surface area contributed by atoms with Gasteiger partial charge in [0, 0.05) is 5.56 Å². The van der Waals surface area contributed by atoms with Crippen LogP contribution in [0.15, 0.2) is 41.5 Å². The molecule has 2 rings (SSSR count). The second-order valence-corrected chi connectivity index (χ2v) is 4.89. The molecule has 24 heavy (non-hydrogen) atoms. The minimum atomic E-state index is 0.559. The van der Waals surface area contributed by atoms with E-state index in [2.05, 4.69) is 10.5 Å². The molecule has 0 saturated heterocycles. The summed E-state index contributed by atoms with van der Waals surface area (Å²) in [4.78, 5) is 0. The molecule has 128 valence electrons. The molecule has 0 amide bonds. The van der Waals surface area contributed by atoms with Crippen LogP contribution >= 0.6 is 0 Å². The molecule has 1 N–H and O–H groups in total. The summed E-state index contributed by atoms with van der Waals surface area (Å²) >= 11 is 0. The van der Waals surface area contributed by atoms with Crippen LogP contribution in [0.3, 0.4) is 0 Å². The fourth-order valence-electron chi connectivity index (χ4n) is 2.18. The minimum absolute atomic E-state index is 0.559. The number of nitrogens with one attached hydrogen (secondary N) is 1. The number of hydrazone groups is 1. The molecule has 2 aromatic carbocycles. The average Bonchev–Trinajstić information content (AvgIpc) is 2.64. The molecule has 0 spiro atoms. The van der Waals surface area contributed by atoms with Crippen LogP contribution in [0.4, 0.5) is 0 Å². The molecule has 0 aliphatic heterocycles. The Balaban J connectivity index is 2.02. The summed E-state index contributed by atoms with van der Waals surface area (Å²) in [5.41, 5.74) is 4.86. The Labute approximate surface area is 142 Å². The van der Waals surface area contributed by atoms with Gasteiger partial charge in [0.05, 0.1) is 41.2 Å². The zero-order valence-corrected chi connectivity index (χ0v) is 14.3. The van der Waals surface area contributed by atoms with Gasteiger partial charge in [-0.1, -0.05) is 6.07 Å². The second-order valence-electron chi connectivity index (χ2n) is 4.89. The first-order valence-electron chi connectivity index (χ1n) is 7.40. The van der Waals surface area contributed by atoms with Crippen molar-refractivity contribution < 1.29 is 18.9 Å². The van der Waals surface area contributed by atoms with Crippen LogP contribution in [0, 0.1) is 0 Å². The molecule has 0 unspecified atom stereocenters. The molecule has 0 bridgehead atoms. The van der Waals surface area contributed by atoms with E-state index in [0.717, 1.165) is 22.6 Å². The highest BCUT2D eigenvalue weighted by atomic mass is 16.5. The van der Waals surface area contributed by atoms with Gasteiger partial charge in [-0.25, -0.2) is 0 Å². The molecule has 0 radical (unpaired) electrons. The lowest BCUT2D eigenvalue weighted by Gasteiger charge is -2.09. The van der Waals surface area contributed by atoms with Gasteiger partial charge >= 0.3 is 0 Å². The van der Waals surface area contributed by atoms with E-state index >= 15 is 0 Å². The van der Waals surface area contributed by atoms with Crippen LogP contribution in [0.25, 0.3) is 0 Å². The van der Waals surface area contributed by atoms with Crippen molar-refractivity contribution >= 4 is 6.21 Å². The first-order chi connectivity index (χ1) is 11.7. The molecule has 0 atom stereocenters. The van der Waals surface area contributed by atoms with Gasteiger partial charge in [0.2, 0.25) is 0 Å². The number of benzene rings is 2. The van der Waals surface area contributed by atoms with Crippen LogP contribution in [0.2, 0.25) is 0 Å². The third-order valence-electron chi connectivity index (χ3n) is 3.46. The van der Waals surface area contributed by atoms with E-state index in [1.807, 2.05) is 36.4 Å². The number of hydrogen-bond acceptors (Lipinski definition) is 6. The summed E-state index contributed by atoms with van der Waals surface area (Å²) in [6, 6.07) is 11.3. The quantitative estimate of drug-likeness (QED) is 0.596. The van der Waals surface area contributed by atoms with Crippen LogP contribution in [-0.2, 0) is 6.54 Å². The fraction of sp³-hybridized carbons (Fsp3) is 0.278. The molecule has 0 aromatic heterocycles. The van der Waals surface area contributed by atoms with Gasteiger partial charge in [0.1, 0.15) is 11.5 Å². The highest BCUT2D eigenvalue weighted by molar-refractivity contribution is 5.84. The molecule has 2 aromatic rings. The Morgan fingerprint density at radius 2 is 1.54 bits per heavy atom. The maximum atomic E-state index is 5.31. The standard InChI is InChI=1S/C18H22N2O4/c1-21-15-6-8-16(22-2)14(10-15)12-20-19-11-13-5-7-17(23-3)18(9-13)24-4/h5-10,12,19H,11H2,1-4H3/b20-12-. The van der Waals surface area contributed by atoms with Crippen molar-refractivity contribution in [2.24, 2.45) is 5.10 Å². The maximum Gasteiger partial charge on any atom is 0.161 e. The number of rotatable bonds is 8. The Kier molecular flexibility index (Phi) is 6.31. The van der Waals surface area contributed by atoms with Gasteiger partial charge in [-0.15, -0.1) is 0 Å². The van der Waals surface area contributed by atoms with Crippen molar-refractivity contribution in [2.45, 2.75) is 6.54 Å². The molecule has 0 heterocycles. The summed E-state index contributed by atoms with van der Waals surface area (Å²) in [6.45, 7) is 0.559. The Hall–Kier alpha value is -2.89. The average molecular weight is 330 g/mol. The van der Waals surface area contributed by atoms with Gasteiger partial charge in [0.25, 0.3) is 0 Å². The monoisotopic (exact) mass is 330 g/mol. The van der Waals surface area contributed by atoms with Gasteiger partial charge in [-0.2, -0.15) is 5.10 Å². The topological polar surface area (TPSA) is 61.3 Å². The molecule has 0 fully saturated rings. The van der Waals surface area contributed by atoms with Crippen molar-refractivity contribution in [3.05, 3.63) is 47.5 Å². The first kappa shape index (κ1) is 17.5.